The van der Waals surface area contributed by atoms with E-state index in [1.54, 1.807) is 11.3 Å². The first-order valence-corrected chi connectivity index (χ1v) is 3.81. The van der Waals surface area contributed by atoms with Gasteiger partial charge in [0.05, 0.1) is 5.52 Å². The number of aromatic amines is 1. The molecular weight excluding hydrogens is 148 g/mol. The molecule has 0 aromatic carbocycles. The summed E-state index contributed by atoms with van der Waals surface area (Å²) in [4.78, 5) is 8.04. The molecule has 10 heavy (non-hydrogen) atoms. The average molecular weight is 154 g/mol. The van der Waals surface area contributed by atoms with Gasteiger partial charge in [0.1, 0.15) is 17.3 Å². The van der Waals surface area contributed by atoms with Crippen LogP contribution in [0, 0.1) is 0 Å². The molecule has 2 rings (SSSR count). The molecule has 0 aliphatic heterocycles. The van der Waals surface area contributed by atoms with Crippen LogP contribution in [0.25, 0.3) is 10.3 Å². The molecule has 0 fully saturated rings. The molecule has 2 aromatic rings. The third kappa shape index (κ3) is 0.732. The molecule has 0 spiro atoms. The van der Waals surface area contributed by atoms with Gasteiger partial charge in [-0.25, -0.2) is 4.98 Å². The zero-order valence-electron chi connectivity index (χ0n) is 5.16. The SMILES string of the molecule is OCc1nc2sccc2[nH]1. The van der Waals surface area contributed by atoms with Crippen molar-refractivity contribution in [1.82, 2.24) is 9.97 Å². The number of hydrogen-bond donors (Lipinski definition) is 2. The number of aliphatic hydroxyl groups is 1. The summed E-state index contributed by atoms with van der Waals surface area (Å²) in [5.41, 5.74) is 1.01. The molecule has 2 heterocycles. The quantitative estimate of drug-likeness (QED) is 0.646. The molecule has 0 amide bonds. The zero-order valence-corrected chi connectivity index (χ0v) is 5.98. The van der Waals surface area contributed by atoms with Gasteiger partial charge in [0.15, 0.2) is 0 Å². The highest BCUT2D eigenvalue weighted by atomic mass is 32.1. The molecule has 3 nitrogen and oxygen atoms in total. The minimum atomic E-state index is -0.0125. The minimum Gasteiger partial charge on any atom is -0.388 e. The molecule has 0 saturated heterocycles. The molecular formula is C6H6N2OS. The van der Waals surface area contributed by atoms with Crippen molar-refractivity contribution in [3.63, 3.8) is 0 Å². The van der Waals surface area contributed by atoms with Crippen LogP contribution in [0.5, 0.6) is 0 Å². The predicted octanol–water partition coefficient (Wildman–Crippen LogP) is 1.12. The highest BCUT2D eigenvalue weighted by molar-refractivity contribution is 7.16. The first kappa shape index (κ1) is 5.88. The maximum Gasteiger partial charge on any atom is 0.141 e. The largest absolute Gasteiger partial charge is 0.388 e. The average Bonchev–Trinajstić information content (AvgIpc) is 2.42. The first-order valence-electron chi connectivity index (χ1n) is 2.93. The number of hydrogen-bond acceptors (Lipinski definition) is 3. The Morgan fingerprint density at radius 1 is 1.70 bits per heavy atom. The number of fused-ring (bicyclic) bond motifs is 1. The summed E-state index contributed by atoms with van der Waals surface area (Å²) in [7, 11) is 0. The Bertz CT molecular complexity index is 309. The van der Waals surface area contributed by atoms with Crippen molar-refractivity contribution >= 4 is 21.7 Å². The lowest BCUT2D eigenvalue weighted by molar-refractivity contribution is 0.273. The van der Waals surface area contributed by atoms with Crippen LogP contribution in [0.3, 0.4) is 0 Å². The maximum atomic E-state index is 8.67. The van der Waals surface area contributed by atoms with Gasteiger partial charge in [-0.2, -0.15) is 0 Å². The highest BCUT2D eigenvalue weighted by Crippen LogP contribution is 2.17. The van der Waals surface area contributed by atoms with Crippen molar-refractivity contribution in [2.45, 2.75) is 6.61 Å². The van der Waals surface area contributed by atoms with Gasteiger partial charge in [-0.15, -0.1) is 11.3 Å². The second-order valence-corrected chi connectivity index (χ2v) is 2.88. The lowest BCUT2D eigenvalue weighted by Crippen LogP contribution is -1.83. The summed E-state index contributed by atoms with van der Waals surface area (Å²) in [6.45, 7) is -0.0125. The van der Waals surface area contributed by atoms with Crippen LogP contribution >= 0.6 is 11.3 Å². The van der Waals surface area contributed by atoms with Crippen LogP contribution in [-0.4, -0.2) is 15.1 Å². The fraction of sp³-hybridized carbons (Fsp3) is 0.167. The maximum absolute atomic E-state index is 8.67. The van der Waals surface area contributed by atoms with Crippen molar-refractivity contribution < 1.29 is 5.11 Å². The molecule has 0 saturated carbocycles. The van der Waals surface area contributed by atoms with Gasteiger partial charge in [-0.3, -0.25) is 0 Å². The summed E-state index contributed by atoms with van der Waals surface area (Å²) >= 11 is 1.57. The number of aliphatic hydroxyl groups excluding tert-OH is 1. The molecule has 52 valence electrons. The van der Waals surface area contributed by atoms with Crippen molar-refractivity contribution in [2.24, 2.45) is 0 Å². The van der Waals surface area contributed by atoms with Gasteiger partial charge < -0.3 is 10.1 Å². The molecule has 0 radical (unpaired) electrons. The molecule has 2 aromatic heterocycles. The fourth-order valence-corrected chi connectivity index (χ4v) is 1.61. The lowest BCUT2D eigenvalue weighted by atomic mass is 10.6. The first-order chi connectivity index (χ1) is 4.90. The summed E-state index contributed by atoms with van der Waals surface area (Å²) < 4.78 is 0. The summed E-state index contributed by atoms with van der Waals surface area (Å²) in [6.07, 6.45) is 0. The number of nitrogens with one attached hydrogen (secondary N) is 1. The van der Waals surface area contributed by atoms with Gasteiger partial charge in [0.2, 0.25) is 0 Å². The van der Waals surface area contributed by atoms with Crippen LogP contribution in [0.1, 0.15) is 5.82 Å². The van der Waals surface area contributed by atoms with E-state index < -0.39 is 0 Å². The third-order valence-electron chi connectivity index (χ3n) is 1.31. The second kappa shape index (κ2) is 2.07. The van der Waals surface area contributed by atoms with E-state index in [9.17, 15) is 0 Å². The third-order valence-corrected chi connectivity index (χ3v) is 2.12. The van der Waals surface area contributed by atoms with Crippen molar-refractivity contribution in [3.05, 3.63) is 17.3 Å². The van der Waals surface area contributed by atoms with Gasteiger partial charge in [-0.1, -0.05) is 0 Å². The Balaban J connectivity index is 2.67. The Morgan fingerprint density at radius 2 is 2.60 bits per heavy atom. The van der Waals surface area contributed by atoms with Gasteiger partial charge in [0.25, 0.3) is 0 Å². The van der Waals surface area contributed by atoms with E-state index in [0.717, 1.165) is 10.3 Å². The zero-order chi connectivity index (χ0) is 6.97. The minimum absolute atomic E-state index is 0.0125. The van der Waals surface area contributed by atoms with Gasteiger partial charge >= 0.3 is 0 Å². The van der Waals surface area contributed by atoms with Crippen LogP contribution < -0.4 is 0 Å². The predicted molar refractivity (Wildman–Crippen MR) is 39.9 cm³/mol. The van der Waals surface area contributed by atoms with Gasteiger partial charge in [-0.05, 0) is 11.4 Å². The van der Waals surface area contributed by atoms with E-state index in [4.69, 9.17) is 5.11 Å². The summed E-state index contributed by atoms with van der Waals surface area (Å²) in [5, 5.41) is 10.6. The standard InChI is InChI=1S/C6H6N2OS/c9-3-5-7-4-1-2-10-6(4)8-5/h1-2,9H,3H2,(H,7,8). The number of aromatic nitrogens is 2. The molecule has 4 heteroatoms. The number of rotatable bonds is 1. The van der Waals surface area contributed by atoms with E-state index in [2.05, 4.69) is 9.97 Å². The van der Waals surface area contributed by atoms with E-state index in [0.29, 0.717) is 5.82 Å². The van der Waals surface area contributed by atoms with Crippen LogP contribution in [0.15, 0.2) is 11.4 Å². The van der Waals surface area contributed by atoms with E-state index in [1.165, 1.54) is 0 Å². The number of imidazole rings is 1. The van der Waals surface area contributed by atoms with Crippen molar-refractivity contribution in [2.75, 3.05) is 0 Å². The Hall–Kier alpha value is -0.870. The molecule has 0 atom stereocenters. The lowest BCUT2D eigenvalue weighted by Gasteiger charge is -1.81. The van der Waals surface area contributed by atoms with Crippen molar-refractivity contribution in [3.8, 4) is 0 Å². The monoisotopic (exact) mass is 154 g/mol. The molecule has 0 unspecified atom stereocenters. The van der Waals surface area contributed by atoms with Gasteiger partial charge in [0, 0.05) is 0 Å². The smallest absolute Gasteiger partial charge is 0.141 e. The second-order valence-electron chi connectivity index (χ2n) is 1.98. The normalized spacial score (nSPS) is 10.9. The molecule has 0 bridgehead atoms. The number of H-pyrrole nitrogens is 1. The Morgan fingerprint density at radius 3 is 3.30 bits per heavy atom. The highest BCUT2D eigenvalue weighted by Gasteiger charge is 2.00. The number of nitrogens with zero attached hydrogens (tertiary/aromatic N) is 1. The Kier molecular flexibility index (Phi) is 1.22. The molecule has 2 N–H and O–H groups in total. The van der Waals surface area contributed by atoms with Crippen molar-refractivity contribution in [1.29, 1.82) is 0 Å². The summed E-state index contributed by atoms with van der Waals surface area (Å²) in [6, 6.07) is 1.95. The molecule has 0 aliphatic rings. The van der Waals surface area contributed by atoms with E-state index >= 15 is 0 Å². The Labute approximate surface area is 61.3 Å². The molecule has 0 aliphatic carbocycles. The number of thiophene rings is 1. The topological polar surface area (TPSA) is 48.9 Å². The van der Waals surface area contributed by atoms with E-state index in [-0.39, 0.29) is 6.61 Å². The summed E-state index contributed by atoms with van der Waals surface area (Å²) in [5.74, 6) is 0.641. The van der Waals surface area contributed by atoms with Crippen LogP contribution in [0.2, 0.25) is 0 Å². The van der Waals surface area contributed by atoms with Crippen LogP contribution in [-0.2, 0) is 6.61 Å². The fourth-order valence-electron chi connectivity index (χ4n) is 0.864. The van der Waals surface area contributed by atoms with E-state index in [1.807, 2.05) is 11.4 Å². The van der Waals surface area contributed by atoms with Crippen LogP contribution in [0.4, 0.5) is 0 Å².